The van der Waals surface area contributed by atoms with Gasteiger partial charge in [-0.2, -0.15) is 4.31 Å². The van der Waals surface area contributed by atoms with E-state index in [1.165, 1.54) is 6.07 Å². The van der Waals surface area contributed by atoms with Gasteiger partial charge in [0, 0.05) is 24.3 Å². The minimum absolute atomic E-state index is 0.118. The standard InChI is InChI=1S/C23H30N2O3S/c1-16-11-17(2)15-25(14-16)29(27,28)21-10-6-9-20(12-21)22(26)13-24-23-18(3)7-5-8-19(23)4/h5-10,12,16-17,24H,11,13-15H2,1-4H3. The number of rotatable bonds is 6. The quantitative estimate of drug-likeness (QED) is 0.717. The molecule has 0 radical (unpaired) electrons. The summed E-state index contributed by atoms with van der Waals surface area (Å²) in [5, 5.41) is 3.20. The Morgan fingerprint density at radius 2 is 1.62 bits per heavy atom. The first-order valence-corrected chi connectivity index (χ1v) is 11.6. The molecule has 0 saturated carbocycles. The fourth-order valence-corrected chi connectivity index (χ4v) is 5.87. The van der Waals surface area contributed by atoms with E-state index in [4.69, 9.17) is 0 Å². The Morgan fingerprint density at radius 3 is 2.24 bits per heavy atom. The van der Waals surface area contributed by atoms with Crippen LogP contribution in [0.15, 0.2) is 47.4 Å². The number of nitrogens with zero attached hydrogens (tertiary/aromatic N) is 1. The number of ketones is 1. The average Bonchev–Trinajstić information content (AvgIpc) is 2.67. The van der Waals surface area contributed by atoms with Gasteiger partial charge in [-0.3, -0.25) is 4.79 Å². The number of para-hydroxylation sites is 1. The molecule has 29 heavy (non-hydrogen) atoms. The summed E-state index contributed by atoms with van der Waals surface area (Å²) in [6.07, 6.45) is 1.04. The van der Waals surface area contributed by atoms with Crippen LogP contribution in [0.1, 0.15) is 41.8 Å². The summed E-state index contributed by atoms with van der Waals surface area (Å²) in [5.74, 6) is 0.532. The van der Waals surface area contributed by atoms with Crippen molar-refractivity contribution in [2.24, 2.45) is 11.8 Å². The molecular formula is C23H30N2O3S. The Hall–Kier alpha value is -2.18. The second-order valence-electron chi connectivity index (χ2n) is 8.34. The molecule has 5 nitrogen and oxygen atoms in total. The van der Waals surface area contributed by atoms with Gasteiger partial charge in [0.2, 0.25) is 10.0 Å². The van der Waals surface area contributed by atoms with Crippen molar-refractivity contribution in [2.45, 2.75) is 39.0 Å². The van der Waals surface area contributed by atoms with Crippen LogP contribution < -0.4 is 5.32 Å². The number of benzene rings is 2. The molecule has 1 saturated heterocycles. The summed E-state index contributed by atoms with van der Waals surface area (Å²) in [7, 11) is -3.60. The molecule has 156 valence electrons. The molecule has 2 aromatic rings. The largest absolute Gasteiger partial charge is 0.377 e. The van der Waals surface area contributed by atoms with Gasteiger partial charge < -0.3 is 5.32 Å². The molecule has 2 aromatic carbocycles. The maximum atomic E-state index is 13.1. The van der Waals surface area contributed by atoms with Gasteiger partial charge >= 0.3 is 0 Å². The zero-order valence-corrected chi connectivity index (χ0v) is 18.4. The van der Waals surface area contributed by atoms with Crippen molar-refractivity contribution in [2.75, 3.05) is 25.0 Å². The normalized spacial score (nSPS) is 20.4. The van der Waals surface area contributed by atoms with Gasteiger partial charge in [-0.1, -0.05) is 44.2 Å². The van der Waals surface area contributed by atoms with Crippen molar-refractivity contribution >= 4 is 21.5 Å². The van der Waals surface area contributed by atoms with Crippen LogP contribution >= 0.6 is 0 Å². The van der Waals surface area contributed by atoms with E-state index in [0.29, 0.717) is 30.5 Å². The van der Waals surface area contributed by atoms with Crippen molar-refractivity contribution in [3.05, 3.63) is 59.2 Å². The summed E-state index contributed by atoms with van der Waals surface area (Å²) >= 11 is 0. The third-order valence-corrected chi connectivity index (χ3v) is 7.36. The van der Waals surface area contributed by atoms with E-state index in [2.05, 4.69) is 19.2 Å². The second kappa shape index (κ2) is 8.67. The van der Waals surface area contributed by atoms with Crippen molar-refractivity contribution in [3.8, 4) is 0 Å². The van der Waals surface area contributed by atoms with Crippen molar-refractivity contribution < 1.29 is 13.2 Å². The molecule has 2 atom stereocenters. The maximum absolute atomic E-state index is 13.1. The van der Waals surface area contributed by atoms with Crippen LogP contribution in [0.5, 0.6) is 0 Å². The first-order valence-electron chi connectivity index (χ1n) is 10.1. The molecule has 3 rings (SSSR count). The predicted octanol–water partition coefficient (Wildman–Crippen LogP) is 4.26. The number of piperidine rings is 1. The van der Waals surface area contributed by atoms with Crippen LogP contribution in [0.3, 0.4) is 0 Å². The molecule has 1 N–H and O–H groups in total. The molecule has 0 spiro atoms. The van der Waals surface area contributed by atoms with Crippen LogP contribution in [0, 0.1) is 25.7 Å². The van der Waals surface area contributed by atoms with Gasteiger partial charge in [-0.25, -0.2) is 8.42 Å². The lowest BCUT2D eigenvalue weighted by Gasteiger charge is -2.34. The van der Waals surface area contributed by atoms with E-state index < -0.39 is 10.0 Å². The molecule has 1 heterocycles. The monoisotopic (exact) mass is 414 g/mol. The molecule has 1 fully saturated rings. The Morgan fingerprint density at radius 1 is 1.03 bits per heavy atom. The summed E-state index contributed by atoms with van der Waals surface area (Å²) in [6, 6.07) is 12.4. The van der Waals surface area contributed by atoms with Crippen LogP contribution in [0.4, 0.5) is 5.69 Å². The highest BCUT2D eigenvalue weighted by Crippen LogP contribution is 2.27. The lowest BCUT2D eigenvalue weighted by Crippen LogP contribution is -2.42. The van der Waals surface area contributed by atoms with Gasteiger partial charge in [-0.15, -0.1) is 0 Å². The molecule has 1 aliphatic rings. The van der Waals surface area contributed by atoms with Gasteiger partial charge in [0.1, 0.15) is 0 Å². The minimum atomic E-state index is -3.60. The molecule has 6 heteroatoms. The number of aryl methyl sites for hydroxylation is 2. The first kappa shape index (κ1) is 21.5. The lowest BCUT2D eigenvalue weighted by molar-refractivity contribution is 0.101. The molecule has 1 aliphatic heterocycles. The SMILES string of the molecule is Cc1cccc(C)c1NCC(=O)c1cccc(S(=O)(=O)N2CC(C)CC(C)C2)c1. The number of nitrogens with one attached hydrogen (secondary N) is 1. The van der Waals surface area contributed by atoms with Gasteiger partial charge in [0.15, 0.2) is 5.78 Å². The van der Waals surface area contributed by atoms with Crippen LogP contribution in [0.2, 0.25) is 0 Å². The molecule has 2 unspecified atom stereocenters. The van der Waals surface area contributed by atoms with E-state index in [1.807, 2.05) is 32.0 Å². The molecule has 0 amide bonds. The number of Topliss-reactive ketones (excluding diaryl/α,β-unsaturated/α-hetero) is 1. The molecule has 0 aliphatic carbocycles. The van der Waals surface area contributed by atoms with Gasteiger partial charge in [-0.05, 0) is 55.4 Å². The van der Waals surface area contributed by atoms with Crippen LogP contribution in [-0.4, -0.2) is 38.1 Å². The van der Waals surface area contributed by atoms with Crippen molar-refractivity contribution in [3.63, 3.8) is 0 Å². The van der Waals surface area contributed by atoms with E-state index in [-0.39, 0.29) is 17.2 Å². The average molecular weight is 415 g/mol. The summed E-state index contributed by atoms with van der Waals surface area (Å²) in [6.45, 7) is 9.32. The summed E-state index contributed by atoms with van der Waals surface area (Å²) < 4.78 is 27.8. The van der Waals surface area contributed by atoms with Crippen LogP contribution in [0.25, 0.3) is 0 Å². The van der Waals surface area contributed by atoms with E-state index in [0.717, 1.165) is 23.2 Å². The van der Waals surface area contributed by atoms with E-state index >= 15 is 0 Å². The Kier molecular flexibility index (Phi) is 6.44. The van der Waals surface area contributed by atoms with Crippen LogP contribution in [-0.2, 0) is 10.0 Å². The molecule has 0 bridgehead atoms. The Balaban J connectivity index is 1.77. The predicted molar refractivity (Wildman–Crippen MR) is 117 cm³/mol. The number of carbonyl (C=O) groups excluding carboxylic acids is 1. The maximum Gasteiger partial charge on any atom is 0.243 e. The van der Waals surface area contributed by atoms with Gasteiger partial charge in [0.25, 0.3) is 0 Å². The third-order valence-electron chi connectivity index (χ3n) is 5.54. The fourth-order valence-electron chi connectivity index (χ4n) is 4.15. The summed E-state index contributed by atoms with van der Waals surface area (Å²) in [4.78, 5) is 12.9. The number of hydrogen-bond acceptors (Lipinski definition) is 4. The zero-order valence-electron chi connectivity index (χ0n) is 17.6. The smallest absolute Gasteiger partial charge is 0.243 e. The topological polar surface area (TPSA) is 66.5 Å². The zero-order chi connectivity index (χ0) is 21.2. The van der Waals surface area contributed by atoms with Crippen molar-refractivity contribution in [1.82, 2.24) is 4.31 Å². The highest BCUT2D eigenvalue weighted by atomic mass is 32.2. The summed E-state index contributed by atoms with van der Waals surface area (Å²) in [5.41, 5.74) is 3.49. The molecular weight excluding hydrogens is 384 g/mol. The number of carbonyl (C=O) groups is 1. The number of hydrogen-bond donors (Lipinski definition) is 1. The molecule has 0 aromatic heterocycles. The first-order chi connectivity index (χ1) is 13.7. The fraction of sp³-hybridized carbons (Fsp3) is 0.435. The van der Waals surface area contributed by atoms with E-state index in [1.54, 1.807) is 22.5 Å². The highest BCUT2D eigenvalue weighted by Gasteiger charge is 2.31. The second-order valence-corrected chi connectivity index (χ2v) is 10.3. The Labute approximate surface area is 174 Å². The lowest BCUT2D eigenvalue weighted by atomic mass is 9.94. The van der Waals surface area contributed by atoms with Crippen molar-refractivity contribution in [1.29, 1.82) is 0 Å². The number of anilines is 1. The van der Waals surface area contributed by atoms with Gasteiger partial charge in [0.05, 0.1) is 11.4 Å². The highest BCUT2D eigenvalue weighted by molar-refractivity contribution is 7.89. The minimum Gasteiger partial charge on any atom is -0.377 e. The third kappa shape index (κ3) is 4.87. The number of sulfonamides is 1. The van der Waals surface area contributed by atoms with E-state index in [9.17, 15) is 13.2 Å². The Bertz CT molecular complexity index is 971.